The standard InChI is InChI=1S/C12H14N4/c13-7-8-1-3-9(4-2-8)12-11(15)10(14)5-6-16-12/h1-6H,7,13,15H2,(H2,14,16). The molecule has 0 amide bonds. The number of pyridine rings is 1. The summed E-state index contributed by atoms with van der Waals surface area (Å²) in [6.07, 6.45) is 1.65. The summed E-state index contributed by atoms with van der Waals surface area (Å²) in [5, 5.41) is 0. The summed E-state index contributed by atoms with van der Waals surface area (Å²) in [5.41, 5.74) is 20.9. The van der Waals surface area contributed by atoms with Gasteiger partial charge in [-0.05, 0) is 11.6 Å². The molecule has 0 radical (unpaired) electrons. The molecule has 0 fully saturated rings. The van der Waals surface area contributed by atoms with Crippen molar-refractivity contribution in [3.05, 3.63) is 42.1 Å². The number of nitrogens with zero attached hydrogens (tertiary/aromatic N) is 1. The van der Waals surface area contributed by atoms with Crippen molar-refractivity contribution in [1.82, 2.24) is 4.98 Å². The van der Waals surface area contributed by atoms with Crippen molar-refractivity contribution >= 4 is 11.4 Å². The second-order valence-electron chi connectivity index (χ2n) is 3.56. The molecule has 82 valence electrons. The second kappa shape index (κ2) is 4.20. The molecule has 0 bridgehead atoms. The van der Waals surface area contributed by atoms with Gasteiger partial charge >= 0.3 is 0 Å². The number of nitrogens with two attached hydrogens (primary N) is 3. The summed E-state index contributed by atoms with van der Waals surface area (Å²) in [4.78, 5) is 4.23. The topological polar surface area (TPSA) is 90.9 Å². The maximum atomic E-state index is 5.87. The first-order valence-electron chi connectivity index (χ1n) is 5.01. The Morgan fingerprint density at radius 2 is 1.69 bits per heavy atom. The number of anilines is 2. The summed E-state index contributed by atoms with van der Waals surface area (Å²) in [6.45, 7) is 0.528. The lowest BCUT2D eigenvalue weighted by molar-refractivity contribution is 1.07. The van der Waals surface area contributed by atoms with Gasteiger partial charge in [0.15, 0.2) is 0 Å². The van der Waals surface area contributed by atoms with E-state index in [-0.39, 0.29) is 0 Å². The highest BCUT2D eigenvalue weighted by molar-refractivity contribution is 5.81. The van der Waals surface area contributed by atoms with Gasteiger partial charge in [0.25, 0.3) is 0 Å². The van der Waals surface area contributed by atoms with Crippen molar-refractivity contribution in [2.75, 3.05) is 11.5 Å². The molecular formula is C12H14N4. The summed E-state index contributed by atoms with van der Waals surface area (Å²) >= 11 is 0. The predicted molar refractivity (Wildman–Crippen MR) is 66.4 cm³/mol. The van der Waals surface area contributed by atoms with Gasteiger partial charge in [0.1, 0.15) is 0 Å². The molecule has 1 aromatic carbocycles. The van der Waals surface area contributed by atoms with Gasteiger partial charge < -0.3 is 17.2 Å². The number of nitrogen functional groups attached to an aromatic ring is 2. The summed E-state index contributed by atoms with van der Waals surface area (Å²) in [5.74, 6) is 0. The normalized spacial score (nSPS) is 10.3. The molecular weight excluding hydrogens is 200 g/mol. The van der Waals surface area contributed by atoms with E-state index in [4.69, 9.17) is 17.2 Å². The quantitative estimate of drug-likeness (QED) is 0.704. The van der Waals surface area contributed by atoms with Crippen LogP contribution in [-0.4, -0.2) is 4.98 Å². The van der Waals surface area contributed by atoms with E-state index in [1.807, 2.05) is 24.3 Å². The Morgan fingerprint density at radius 1 is 1.00 bits per heavy atom. The van der Waals surface area contributed by atoms with Crippen molar-refractivity contribution in [3.63, 3.8) is 0 Å². The minimum atomic E-state index is 0.517. The van der Waals surface area contributed by atoms with Crippen LogP contribution in [-0.2, 0) is 6.54 Å². The fourth-order valence-electron chi connectivity index (χ4n) is 1.52. The molecule has 6 N–H and O–H groups in total. The second-order valence-corrected chi connectivity index (χ2v) is 3.56. The van der Waals surface area contributed by atoms with Gasteiger partial charge in [-0.15, -0.1) is 0 Å². The highest BCUT2D eigenvalue weighted by atomic mass is 14.8. The van der Waals surface area contributed by atoms with Gasteiger partial charge in [0.05, 0.1) is 17.1 Å². The molecule has 0 saturated heterocycles. The van der Waals surface area contributed by atoms with Gasteiger partial charge in [-0.1, -0.05) is 24.3 Å². The van der Waals surface area contributed by atoms with Crippen LogP contribution in [0.25, 0.3) is 11.3 Å². The third kappa shape index (κ3) is 1.83. The zero-order chi connectivity index (χ0) is 11.5. The van der Waals surface area contributed by atoms with Crippen LogP contribution in [0.1, 0.15) is 5.56 Å². The molecule has 0 spiro atoms. The Bertz CT molecular complexity index is 491. The van der Waals surface area contributed by atoms with Crippen LogP contribution in [0.5, 0.6) is 0 Å². The van der Waals surface area contributed by atoms with Crippen molar-refractivity contribution in [1.29, 1.82) is 0 Å². The SMILES string of the molecule is NCc1ccc(-c2nccc(N)c2N)cc1. The molecule has 0 aliphatic heterocycles. The lowest BCUT2D eigenvalue weighted by atomic mass is 10.1. The Kier molecular flexibility index (Phi) is 2.74. The molecule has 0 saturated carbocycles. The Labute approximate surface area is 94.1 Å². The predicted octanol–water partition coefficient (Wildman–Crippen LogP) is 1.37. The van der Waals surface area contributed by atoms with Gasteiger partial charge in [-0.3, -0.25) is 4.98 Å². The fourth-order valence-corrected chi connectivity index (χ4v) is 1.52. The van der Waals surface area contributed by atoms with Crippen LogP contribution in [0.2, 0.25) is 0 Å². The van der Waals surface area contributed by atoms with E-state index in [0.29, 0.717) is 23.6 Å². The van der Waals surface area contributed by atoms with Crippen LogP contribution >= 0.6 is 0 Å². The maximum Gasteiger partial charge on any atom is 0.0952 e. The van der Waals surface area contributed by atoms with E-state index in [9.17, 15) is 0 Å². The molecule has 16 heavy (non-hydrogen) atoms. The number of benzene rings is 1. The van der Waals surface area contributed by atoms with E-state index in [2.05, 4.69) is 4.98 Å². The highest BCUT2D eigenvalue weighted by Crippen LogP contribution is 2.27. The van der Waals surface area contributed by atoms with Gasteiger partial charge in [0, 0.05) is 18.3 Å². The van der Waals surface area contributed by atoms with Gasteiger partial charge in [-0.25, -0.2) is 0 Å². The molecule has 4 heteroatoms. The van der Waals surface area contributed by atoms with Crippen molar-refractivity contribution < 1.29 is 0 Å². The van der Waals surface area contributed by atoms with E-state index in [1.165, 1.54) is 0 Å². The average Bonchev–Trinajstić information content (AvgIpc) is 2.33. The van der Waals surface area contributed by atoms with E-state index in [1.54, 1.807) is 12.3 Å². The number of hydrogen-bond acceptors (Lipinski definition) is 4. The monoisotopic (exact) mass is 214 g/mol. The molecule has 0 atom stereocenters. The maximum absolute atomic E-state index is 5.87. The minimum Gasteiger partial charge on any atom is -0.397 e. The van der Waals surface area contributed by atoms with E-state index >= 15 is 0 Å². The van der Waals surface area contributed by atoms with Crippen LogP contribution in [0.3, 0.4) is 0 Å². The van der Waals surface area contributed by atoms with Crippen molar-refractivity contribution in [2.45, 2.75) is 6.54 Å². The summed E-state index contributed by atoms with van der Waals surface area (Å²) in [6, 6.07) is 9.49. The van der Waals surface area contributed by atoms with Crippen molar-refractivity contribution in [3.8, 4) is 11.3 Å². The molecule has 4 nitrogen and oxygen atoms in total. The van der Waals surface area contributed by atoms with Gasteiger partial charge in [0.2, 0.25) is 0 Å². The smallest absolute Gasteiger partial charge is 0.0952 e. The largest absolute Gasteiger partial charge is 0.397 e. The van der Waals surface area contributed by atoms with Crippen LogP contribution in [0, 0.1) is 0 Å². The molecule has 2 aromatic rings. The molecule has 0 aliphatic rings. The Hall–Kier alpha value is -2.07. The highest BCUT2D eigenvalue weighted by Gasteiger charge is 2.06. The van der Waals surface area contributed by atoms with Crippen LogP contribution in [0.4, 0.5) is 11.4 Å². The first kappa shape index (κ1) is 10.4. The van der Waals surface area contributed by atoms with E-state index < -0.39 is 0 Å². The minimum absolute atomic E-state index is 0.517. The summed E-state index contributed by atoms with van der Waals surface area (Å²) in [7, 11) is 0. The molecule has 2 rings (SSSR count). The lowest BCUT2D eigenvalue weighted by Gasteiger charge is -2.07. The number of rotatable bonds is 2. The zero-order valence-corrected chi connectivity index (χ0v) is 8.85. The van der Waals surface area contributed by atoms with Crippen LogP contribution in [0.15, 0.2) is 36.5 Å². The third-order valence-electron chi connectivity index (χ3n) is 2.49. The molecule has 0 unspecified atom stereocenters. The molecule has 1 aromatic heterocycles. The van der Waals surface area contributed by atoms with E-state index in [0.717, 1.165) is 11.1 Å². The number of aromatic nitrogens is 1. The lowest BCUT2D eigenvalue weighted by Crippen LogP contribution is -1.99. The molecule has 0 aliphatic carbocycles. The Balaban J connectivity index is 2.46. The van der Waals surface area contributed by atoms with Crippen molar-refractivity contribution in [2.24, 2.45) is 5.73 Å². The van der Waals surface area contributed by atoms with Gasteiger partial charge in [-0.2, -0.15) is 0 Å². The summed E-state index contributed by atoms with van der Waals surface area (Å²) < 4.78 is 0. The fraction of sp³-hybridized carbons (Fsp3) is 0.0833. The van der Waals surface area contributed by atoms with Crippen LogP contribution < -0.4 is 17.2 Å². The molecule has 1 heterocycles. The first-order chi connectivity index (χ1) is 7.72. The first-order valence-corrected chi connectivity index (χ1v) is 5.01. The average molecular weight is 214 g/mol. The number of hydrogen-bond donors (Lipinski definition) is 3. The zero-order valence-electron chi connectivity index (χ0n) is 8.85. The Morgan fingerprint density at radius 3 is 2.31 bits per heavy atom. The third-order valence-corrected chi connectivity index (χ3v) is 2.49.